The van der Waals surface area contributed by atoms with Crippen LogP contribution in [0.3, 0.4) is 0 Å². The van der Waals surface area contributed by atoms with Crippen LogP contribution >= 0.6 is 23.2 Å². The molecular formula is C14H15Cl2N3O2. The van der Waals surface area contributed by atoms with E-state index >= 15 is 0 Å². The molecule has 0 bridgehead atoms. The van der Waals surface area contributed by atoms with E-state index in [2.05, 4.69) is 9.97 Å². The number of nitrogens with zero attached hydrogens (tertiary/aromatic N) is 2. The van der Waals surface area contributed by atoms with E-state index in [9.17, 15) is 4.79 Å². The van der Waals surface area contributed by atoms with Crippen molar-refractivity contribution >= 4 is 40.3 Å². The third kappa shape index (κ3) is 2.80. The van der Waals surface area contributed by atoms with Crippen molar-refractivity contribution in [1.29, 1.82) is 0 Å². The molecule has 3 rings (SSSR count). The Bertz CT molecular complexity index is 639. The summed E-state index contributed by atoms with van der Waals surface area (Å²) in [5.41, 5.74) is 1.70. The Kier molecular flexibility index (Phi) is 3.95. The number of carbonyl (C=O) groups excluding carboxylic acids is 1. The Morgan fingerprint density at radius 3 is 2.67 bits per heavy atom. The first-order valence-electron chi connectivity index (χ1n) is 6.76. The fourth-order valence-corrected chi connectivity index (χ4v) is 3.00. The number of hydrogen-bond acceptors (Lipinski definition) is 3. The Labute approximate surface area is 132 Å². The van der Waals surface area contributed by atoms with Gasteiger partial charge in [0.25, 0.3) is 0 Å². The number of ether oxygens (including phenoxy) is 1. The Hall–Kier alpha value is -1.46. The van der Waals surface area contributed by atoms with E-state index in [-0.39, 0.29) is 6.09 Å². The standard InChI is InChI=1S/C14H15Cl2N3O2/c1-21-14(20)19-4-2-8(3-5-19)13-17-11-6-9(15)10(16)7-12(11)18-13/h6-8H,2-5H2,1H3,(H,17,18). The number of benzene rings is 1. The summed E-state index contributed by atoms with van der Waals surface area (Å²) in [6.45, 7) is 1.35. The summed E-state index contributed by atoms with van der Waals surface area (Å²) in [5, 5.41) is 1.02. The summed E-state index contributed by atoms with van der Waals surface area (Å²) in [5.74, 6) is 1.23. The van der Waals surface area contributed by atoms with Gasteiger partial charge in [0.2, 0.25) is 0 Å². The maximum Gasteiger partial charge on any atom is 0.409 e. The number of nitrogens with one attached hydrogen (secondary N) is 1. The predicted octanol–water partition coefficient (Wildman–Crippen LogP) is 3.82. The van der Waals surface area contributed by atoms with Gasteiger partial charge in [-0.05, 0) is 25.0 Å². The number of aromatic nitrogens is 2. The van der Waals surface area contributed by atoms with Gasteiger partial charge in [0, 0.05) is 19.0 Å². The highest BCUT2D eigenvalue weighted by Crippen LogP contribution is 2.31. The lowest BCUT2D eigenvalue weighted by Gasteiger charge is -2.29. The number of piperidine rings is 1. The number of carbonyl (C=O) groups is 1. The molecule has 0 saturated carbocycles. The van der Waals surface area contributed by atoms with Gasteiger partial charge < -0.3 is 14.6 Å². The highest BCUT2D eigenvalue weighted by atomic mass is 35.5. The molecule has 112 valence electrons. The molecule has 0 unspecified atom stereocenters. The van der Waals surface area contributed by atoms with Gasteiger partial charge in [-0.25, -0.2) is 9.78 Å². The number of aromatic amines is 1. The Morgan fingerprint density at radius 2 is 2.00 bits per heavy atom. The average molecular weight is 328 g/mol. The SMILES string of the molecule is COC(=O)N1CCC(c2nc3cc(Cl)c(Cl)cc3[nH]2)CC1. The van der Waals surface area contributed by atoms with E-state index in [4.69, 9.17) is 27.9 Å². The number of imidazole rings is 1. The van der Waals surface area contributed by atoms with Gasteiger partial charge in [-0.1, -0.05) is 23.2 Å². The van der Waals surface area contributed by atoms with Gasteiger partial charge >= 0.3 is 6.09 Å². The van der Waals surface area contributed by atoms with E-state index in [0.29, 0.717) is 29.1 Å². The molecule has 1 aliphatic rings. The number of hydrogen-bond donors (Lipinski definition) is 1. The smallest absolute Gasteiger partial charge is 0.409 e. The van der Waals surface area contributed by atoms with Crippen molar-refractivity contribution in [1.82, 2.24) is 14.9 Å². The molecule has 1 N–H and O–H groups in total. The third-order valence-corrected chi connectivity index (χ3v) is 4.58. The number of fused-ring (bicyclic) bond motifs is 1. The quantitative estimate of drug-likeness (QED) is 0.866. The van der Waals surface area contributed by atoms with Crippen molar-refractivity contribution in [3.8, 4) is 0 Å². The molecule has 0 aliphatic carbocycles. The van der Waals surface area contributed by atoms with Gasteiger partial charge in [0.1, 0.15) is 5.82 Å². The average Bonchev–Trinajstić information content (AvgIpc) is 2.90. The first-order chi connectivity index (χ1) is 10.1. The summed E-state index contributed by atoms with van der Waals surface area (Å²) in [6.07, 6.45) is 1.45. The molecule has 0 spiro atoms. The van der Waals surface area contributed by atoms with Crippen molar-refractivity contribution in [3.05, 3.63) is 28.0 Å². The number of amides is 1. The molecular weight excluding hydrogens is 313 g/mol. The highest BCUT2D eigenvalue weighted by Gasteiger charge is 2.26. The molecule has 1 fully saturated rings. The molecule has 2 aromatic rings. The normalized spacial score (nSPS) is 16.4. The monoisotopic (exact) mass is 327 g/mol. The minimum Gasteiger partial charge on any atom is -0.453 e. The molecule has 1 aromatic heterocycles. The molecule has 1 amide bonds. The number of halogens is 2. The van der Waals surface area contributed by atoms with Crippen LogP contribution in [0.2, 0.25) is 10.0 Å². The fraction of sp³-hybridized carbons (Fsp3) is 0.429. The maximum absolute atomic E-state index is 11.5. The van der Waals surface area contributed by atoms with E-state index in [1.54, 1.807) is 17.0 Å². The van der Waals surface area contributed by atoms with Gasteiger partial charge in [-0.3, -0.25) is 0 Å². The predicted molar refractivity (Wildman–Crippen MR) is 82.1 cm³/mol. The lowest BCUT2D eigenvalue weighted by atomic mass is 9.96. The van der Waals surface area contributed by atoms with Crippen LogP contribution < -0.4 is 0 Å². The molecule has 21 heavy (non-hydrogen) atoms. The summed E-state index contributed by atoms with van der Waals surface area (Å²) in [7, 11) is 1.40. The highest BCUT2D eigenvalue weighted by molar-refractivity contribution is 6.42. The summed E-state index contributed by atoms with van der Waals surface area (Å²) < 4.78 is 4.74. The third-order valence-electron chi connectivity index (χ3n) is 3.86. The second-order valence-electron chi connectivity index (χ2n) is 5.14. The minimum atomic E-state index is -0.267. The van der Waals surface area contributed by atoms with E-state index in [1.807, 2.05) is 0 Å². The van der Waals surface area contributed by atoms with Crippen LogP contribution in [0, 0.1) is 0 Å². The maximum atomic E-state index is 11.5. The fourth-order valence-electron chi connectivity index (χ4n) is 2.68. The van der Waals surface area contributed by atoms with Gasteiger partial charge in [0.15, 0.2) is 0 Å². The second kappa shape index (κ2) is 5.73. The summed E-state index contributed by atoms with van der Waals surface area (Å²) >= 11 is 12.0. The number of rotatable bonds is 1. The van der Waals surface area contributed by atoms with Crippen LogP contribution in [0.1, 0.15) is 24.6 Å². The van der Waals surface area contributed by atoms with Crippen LogP contribution in [0.15, 0.2) is 12.1 Å². The zero-order valence-electron chi connectivity index (χ0n) is 11.5. The lowest BCUT2D eigenvalue weighted by molar-refractivity contribution is 0.112. The minimum absolute atomic E-state index is 0.267. The Morgan fingerprint density at radius 1 is 1.33 bits per heavy atom. The molecule has 1 saturated heterocycles. The largest absolute Gasteiger partial charge is 0.453 e. The van der Waals surface area contributed by atoms with E-state index in [1.165, 1.54) is 7.11 Å². The number of methoxy groups -OCH3 is 1. The lowest BCUT2D eigenvalue weighted by Crippen LogP contribution is -2.37. The van der Waals surface area contributed by atoms with E-state index in [0.717, 1.165) is 29.7 Å². The molecule has 2 heterocycles. The Balaban J connectivity index is 1.78. The van der Waals surface area contributed by atoms with Gasteiger partial charge in [-0.2, -0.15) is 0 Å². The van der Waals surface area contributed by atoms with Crippen molar-refractivity contribution in [3.63, 3.8) is 0 Å². The van der Waals surface area contributed by atoms with Crippen LogP contribution in [-0.2, 0) is 4.74 Å². The van der Waals surface area contributed by atoms with Crippen molar-refractivity contribution in [2.45, 2.75) is 18.8 Å². The van der Waals surface area contributed by atoms with Crippen molar-refractivity contribution < 1.29 is 9.53 Å². The van der Waals surface area contributed by atoms with Crippen LogP contribution in [0.5, 0.6) is 0 Å². The number of likely N-dealkylation sites (tertiary alicyclic amines) is 1. The van der Waals surface area contributed by atoms with Crippen molar-refractivity contribution in [2.24, 2.45) is 0 Å². The van der Waals surface area contributed by atoms with Crippen molar-refractivity contribution in [2.75, 3.05) is 20.2 Å². The first kappa shape index (κ1) is 14.5. The zero-order chi connectivity index (χ0) is 15.0. The van der Waals surface area contributed by atoms with E-state index < -0.39 is 0 Å². The molecule has 1 aromatic carbocycles. The first-order valence-corrected chi connectivity index (χ1v) is 7.51. The molecule has 7 heteroatoms. The second-order valence-corrected chi connectivity index (χ2v) is 5.95. The van der Waals surface area contributed by atoms with Crippen LogP contribution in [0.4, 0.5) is 4.79 Å². The molecule has 1 aliphatic heterocycles. The molecule has 0 radical (unpaired) electrons. The van der Waals surface area contributed by atoms with Crippen LogP contribution in [0.25, 0.3) is 11.0 Å². The topological polar surface area (TPSA) is 58.2 Å². The number of H-pyrrole nitrogens is 1. The van der Waals surface area contributed by atoms with Crippen LogP contribution in [-0.4, -0.2) is 41.2 Å². The summed E-state index contributed by atoms with van der Waals surface area (Å²) in [6, 6.07) is 3.56. The molecule has 0 atom stereocenters. The summed E-state index contributed by atoms with van der Waals surface area (Å²) in [4.78, 5) is 21.1. The zero-order valence-corrected chi connectivity index (χ0v) is 13.0. The molecule has 5 nitrogen and oxygen atoms in total. The van der Waals surface area contributed by atoms with Gasteiger partial charge in [-0.15, -0.1) is 0 Å². The van der Waals surface area contributed by atoms with Gasteiger partial charge in [0.05, 0.1) is 28.2 Å².